The van der Waals surface area contributed by atoms with Crippen molar-refractivity contribution < 1.29 is 39.8 Å². The van der Waals surface area contributed by atoms with Gasteiger partial charge in [0.05, 0.1) is 25.4 Å². The minimum Gasteiger partial charge on any atom is -0.394 e. The van der Waals surface area contributed by atoms with Gasteiger partial charge in [0.25, 0.3) is 0 Å². The van der Waals surface area contributed by atoms with Gasteiger partial charge in [0.15, 0.2) is 6.29 Å². The van der Waals surface area contributed by atoms with Crippen molar-refractivity contribution in [2.75, 3.05) is 13.2 Å². The fourth-order valence-corrected chi connectivity index (χ4v) is 5.58. The second-order valence-corrected chi connectivity index (χ2v) is 13.0. The Morgan fingerprint density at radius 3 is 1.87 bits per heavy atom. The molecule has 6 N–H and O–H groups in total. The fraction of sp³-hybridized carbons (Fsp3) is 0.816. The second kappa shape index (κ2) is 29.3. The molecule has 7 unspecified atom stereocenters. The second-order valence-electron chi connectivity index (χ2n) is 13.0. The minimum absolute atomic E-state index is 0.203. The Labute approximate surface area is 285 Å². The minimum atomic E-state index is -1.57. The molecule has 9 heteroatoms. The summed E-state index contributed by atoms with van der Waals surface area (Å²) in [5.41, 5.74) is 0. The highest BCUT2D eigenvalue weighted by Crippen LogP contribution is 2.22. The van der Waals surface area contributed by atoms with Gasteiger partial charge in [-0.25, -0.2) is 0 Å². The van der Waals surface area contributed by atoms with Gasteiger partial charge in [-0.15, -0.1) is 0 Å². The fourth-order valence-electron chi connectivity index (χ4n) is 5.58. The third-order valence-corrected chi connectivity index (χ3v) is 8.67. The summed E-state index contributed by atoms with van der Waals surface area (Å²) in [6.45, 7) is 3.64. The first-order valence-electron chi connectivity index (χ1n) is 18.7. The highest BCUT2D eigenvalue weighted by molar-refractivity contribution is 5.76. The molecule has 1 amide bonds. The SMILES string of the molecule is CCC/C=C\CCCCCCCC(=O)NC(COC1OC(CO)C(O)C(O)C1O)C(O)/C=C/CC/C=C/CCCCCCCCCC. The van der Waals surface area contributed by atoms with Gasteiger partial charge in [0.1, 0.15) is 24.4 Å². The third-order valence-electron chi connectivity index (χ3n) is 8.67. The Balaban J connectivity index is 2.51. The van der Waals surface area contributed by atoms with Crippen LogP contribution in [0.25, 0.3) is 0 Å². The molecule has 0 bridgehead atoms. The van der Waals surface area contributed by atoms with Crippen LogP contribution in [0.15, 0.2) is 36.5 Å². The number of amides is 1. The van der Waals surface area contributed by atoms with E-state index in [9.17, 15) is 30.3 Å². The zero-order chi connectivity index (χ0) is 34.5. The van der Waals surface area contributed by atoms with Crippen LogP contribution in [0.1, 0.15) is 142 Å². The van der Waals surface area contributed by atoms with Crippen molar-refractivity contribution in [3.05, 3.63) is 36.5 Å². The first kappa shape index (κ1) is 43.4. The van der Waals surface area contributed by atoms with E-state index in [2.05, 4.69) is 43.5 Å². The largest absolute Gasteiger partial charge is 0.394 e. The van der Waals surface area contributed by atoms with Crippen LogP contribution in [0.5, 0.6) is 0 Å². The average molecular weight is 668 g/mol. The summed E-state index contributed by atoms with van der Waals surface area (Å²) in [5, 5.41) is 53.8. The molecule has 274 valence electrons. The molecule has 0 aromatic rings. The first-order valence-corrected chi connectivity index (χ1v) is 18.7. The van der Waals surface area contributed by atoms with Gasteiger partial charge in [-0.2, -0.15) is 0 Å². The molecule has 1 rings (SSSR count). The van der Waals surface area contributed by atoms with E-state index in [1.807, 2.05) is 6.08 Å². The Bertz CT molecular complexity index is 833. The Morgan fingerprint density at radius 1 is 0.702 bits per heavy atom. The number of aliphatic hydroxyl groups excluding tert-OH is 5. The number of carbonyl (C=O) groups excluding carboxylic acids is 1. The lowest BCUT2D eigenvalue weighted by Gasteiger charge is -2.40. The van der Waals surface area contributed by atoms with Gasteiger partial charge in [0, 0.05) is 6.42 Å². The normalized spacial score (nSPS) is 23.3. The number of aliphatic hydroxyl groups is 5. The van der Waals surface area contributed by atoms with Crippen LogP contribution in [0.3, 0.4) is 0 Å². The maximum Gasteiger partial charge on any atom is 0.220 e. The van der Waals surface area contributed by atoms with Crippen molar-refractivity contribution in [1.82, 2.24) is 5.32 Å². The Kier molecular flexibility index (Phi) is 27.1. The molecule has 0 aromatic carbocycles. The van der Waals surface area contributed by atoms with E-state index in [4.69, 9.17) is 9.47 Å². The smallest absolute Gasteiger partial charge is 0.220 e. The highest BCUT2D eigenvalue weighted by Gasteiger charge is 2.44. The first-order chi connectivity index (χ1) is 22.8. The van der Waals surface area contributed by atoms with E-state index in [1.165, 1.54) is 57.8 Å². The van der Waals surface area contributed by atoms with Crippen LogP contribution < -0.4 is 5.32 Å². The number of hydrogen-bond donors (Lipinski definition) is 6. The van der Waals surface area contributed by atoms with Crippen LogP contribution in [0.2, 0.25) is 0 Å². The summed E-state index contributed by atoms with van der Waals surface area (Å²) < 4.78 is 11.1. The quantitative estimate of drug-likeness (QED) is 0.0411. The maximum atomic E-state index is 12.8. The van der Waals surface area contributed by atoms with Crippen molar-refractivity contribution in [3.63, 3.8) is 0 Å². The van der Waals surface area contributed by atoms with Crippen molar-refractivity contribution >= 4 is 5.91 Å². The molecule has 0 saturated carbocycles. The highest BCUT2D eigenvalue weighted by atomic mass is 16.7. The lowest BCUT2D eigenvalue weighted by atomic mass is 9.99. The van der Waals surface area contributed by atoms with Gasteiger partial charge < -0.3 is 40.3 Å². The number of hydrogen-bond acceptors (Lipinski definition) is 8. The molecule has 9 nitrogen and oxygen atoms in total. The summed E-state index contributed by atoms with van der Waals surface area (Å²) in [6.07, 6.45) is 26.2. The van der Waals surface area contributed by atoms with Crippen LogP contribution in [0, 0.1) is 0 Å². The van der Waals surface area contributed by atoms with Crippen molar-refractivity contribution in [2.24, 2.45) is 0 Å². The molecule has 7 atom stereocenters. The van der Waals surface area contributed by atoms with Crippen LogP contribution in [-0.4, -0.2) is 87.5 Å². The molecule has 0 aromatic heterocycles. The number of ether oxygens (including phenoxy) is 2. The standard InChI is InChI=1S/C38H69NO8/c1-3-5-7-9-11-13-15-16-17-18-19-21-23-25-27-32(41)31(30-46-38-37(45)36(44)35(43)33(29-40)47-38)39-34(42)28-26-24-22-20-14-12-10-8-6-4-2/h8,10,18-19,25,27,31-33,35-38,40-41,43-45H,3-7,9,11-17,20-24,26,28-30H2,1-2H3,(H,39,42)/b10-8-,19-18+,27-25+. The maximum absolute atomic E-state index is 12.8. The van der Waals surface area contributed by atoms with E-state index in [-0.39, 0.29) is 12.5 Å². The predicted molar refractivity (Wildman–Crippen MR) is 189 cm³/mol. The van der Waals surface area contributed by atoms with Gasteiger partial charge >= 0.3 is 0 Å². The molecule has 1 aliphatic heterocycles. The molecule has 0 spiro atoms. The lowest BCUT2D eigenvalue weighted by molar-refractivity contribution is -0.302. The summed E-state index contributed by atoms with van der Waals surface area (Å²) >= 11 is 0. The van der Waals surface area contributed by atoms with Crippen LogP contribution >= 0.6 is 0 Å². The molecule has 1 saturated heterocycles. The molecular formula is C38H69NO8. The van der Waals surface area contributed by atoms with Gasteiger partial charge in [-0.3, -0.25) is 4.79 Å². The van der Waals surface area contributed by atoms with Crippen LogP contribution in [-0.2, 0) is 14.3 Å². The zero-order valence-corrected chi connectivity index (χ0v) is 29.5. The zero-order valence-electron chi connectivity index (χ0n) is 29.5. The molecule has 0 radical (unpaired) electrons. The molecule has 1 heterocycles. The van der Waals surface area contributed by atoms with Gasteiger partial charge in [0.2, 0.25) is 5.91 Å². The average Bonchev–Trinajstić information content (AvgIpc) is 3.07. The monoisotopic (exact) mass is 668 g/mol. The molecule has 1 aliphatic rings. The number of rotatable bonds is 29. The van der Waals surface area contributed by atoms with Gasteiger partial charge in [-0.1, -0.05) is 121 Å². The summed E-state index contributed by atoms with van der Waals surface area (Å²) in [4.78, 5) is 12.8. The topological polar surface area (TPSA) is 149 Å². The summed E-state index contributed by atoms with van der Waals surface area (Å²) in [6, 6.07) is -0.821. The van der Waals surface area contributed by atoms with E-state index >= 15 is 0 Å². The molecular weight excluding hydrogens is 598 g/mol. The molecule has 0 aliphatic carbocycles. The van der Waals surface area contributed by atoms with Gasteiger partial charge in [-0.05, 0) is 51.4 Å². The van der Waals surface area contributed by atoms with Crippen molar-refractivity contribution in [1.29, 1.82) is 0 Å². The van der Waals surface area contributed by atoms with E-state index in [0.717, 1.165) is 64.2 Å². The molecule has 47 heavy (non-hydrogen) atoms. The lowest BCUT2D eigenvalue weighted by Crippen LogP contribution is -2.60. The molecule has 1 fully saturated rings. The number of carbonyl (C=O) groups is 1. The van der Waals surface area contributed by atoms with E-state index in [1.54, 1.807) is 6.08 Å². The third kappa shape index (κ3) is 21.2. The van der Waals surface area contributed by atoms with Crippen molar-refractivity contribution in [2.45, 2.75) is 185 Å². The Hall–Kier alpha value is -1.59. The van der Waals surface area contributed by atoms with Crippen LogP contribution in [0.4, 0.5) is 0 Å². The Morgan fingerprint density at radius 2 is 1.26 bits per heavy atom. The number of nitrogens with one attached hydrogen (secondary N) is 1. The van der Waals surface area contributed by atoms with E-state index in [0.29, 0.717) is 6.42 Å². The summed E-state index contributed by atoms with van der Waals surface area (Å²) in [7, 11) is 0. The predicted octanol–water partition coefficient (Wildman–Crippen LogP) is 6.16. The number of allylic oxidation sites excluding steroid dienone is 5. The summed E-state index contributed by atoms with van der Waals surface area (Å²) in [5.74, 6) is -0.203. The number of unbranched alkanes of at least 4 members (excludes halogenated alkanes) is 15. The van der Waals surface area contributed by atoms with E-state index < -0.39 is 49.5 Å². The van der Waals surface area contributed by atoms with Crippen molar-refractivity contribution in [3.8, 4) is 0 Å².